The van der Waals surface area contributed by atoms with E-state index in [4.69, 9.17) is 0 Å². The fraction of sp³-hybridized carbons (Fsp3) is 0.238. The Morgan fingerprint density at radius 2 is 1.71 bits per heavy atom. The second-order valence-electron chi connectivity index (χ2n) is 6.88. The quantitative estimate of drug-likeness (QED) is 0.665. The standard InChI is InChI=1S/C21H22N4O2S/c26-28(27,20-7-5-17-3-1-2-4-18(17)13-20)25-21-8-6-19(15-24-21)23-14-16-9-11-22-12-10-16/h5-13,15,23H,1-4,14H2,(H,24,25). The Kier molecular flexibility index (Phi) is 5.25. The van der Waals surface area contributed by atoms with Crippen molar-refractivity contribution in [1.29, 1.82) is 0 Å². The lowest BCUT2D eigenvalue weighted by molar-refractivity contribution is 0.600. The number of nitrogens with one attached hydrogen (secondary N) is 2. The number of sulfonamides is 1. The molecule has 0 aliphatic heterocycles. The third-order valence-corrected chi connectivity index (χ3v) is 6.23. The van der Waals surface area contributed by atoms with Crippen LogP contribution in [0.15, 0.2) is 66.0 Å². The number of hydrogen-bond donors (Lipinski definition) is 2. The molecule has 2 aromatic heterocycles. The zero-order valence-electron chi connectivity index (χ0n) is 15.4. The van der Waals surface area contributed by atoms with Gasteiger partial charge in [0.05, 0.1) is 16.8 Å². The number of rotatable bonds is 6. The molecule has 6 nitrogen and oxygen atoms in total. The highest BCUT2D eigenvalue weighted by Crippen LogP contribution is 2.25. The van der Waals surface area contributed by atoms with Crippen LogP contribution in [0.3, 0.4) is 0 Å². The van der Waals surface area contributed by atoms with Gasteiger partial charge in [-0.15, -0.1) is 0 Å². The van der Waals surface area contributed by atoms with Crippen molar-refractivity contribution in [2.45, 2.75) is 37.1 Å². The number of pyridine rings is 2. The molecule has 0 amide bonds. The lowest BCUT2D eigenvalue weighted by Crippen LogP contribution is -2.15. The van der Waals surface area contributed by atoms with Crippen LogP contribution in [-0.2, 0) is 29.4 Å². The molecule has 1 aliphatic rings. The molecule has 2 heterocycles. The molecule has 0 spiro atoms. The van der Waals surface area contributed by atoms with Gasteiger partial charge in [0.2, 0.25) is 0 Å². The van der Waals surface area contributed by atoms with Crippen LogP contribution in [0.2, 0.25) is 0 Å². The first-order valence-electron chi connectivity index (χ1n) is 9.34. The molecule has 0 bridgehead atoms. The summed E-state index contributed by atoms with van der Waals surface area (Å²) in [5.41, 5.74) is 4.31. The highest BCUT2D eigenvalue weighted by Gasteiger charge is 2.18. The van der Waals surface area contributed by atoms with E-state index in [9.17, 15) is 8.42 Å². The van der Waals surface area contributed by atoms with Gasteiger partial charge in [-0.25, -0.2) is 13.4 Å². The van der Waals surface area contributed by atoms with E-state index in [0.717, 1.165) is 36.1 Å². The molecule has 144 valence electrons. The smallest absolute Gasteiger partial charge is 0.263 e. The van der Waals surface area contributed by atoms with E-state index in [2.05, 4.69) is 20.0 Å². The monoisotopic (exact) mass is 394 g/mol. The SMILES string of the molecule is O=S(=O)(Nc1ccc(NCc2ccncc2)cn1)c1ccc2c(c1)CCCC2. The number of aromatic nitrogens is 2. The molecule has 2 N–H and O–H groups in total. The van der Waals surface area contributed by atoms with Gasteiger partial charge in [-0.3, -0.25) is 9.71 Å². The summed E-state index contributed by atoms with van der Waals surface area (Å²) < 4.78 is 28.0. The zero-order valence-corrected chi connectivity index (χ0v) is 16.2. The maximum absolute atomic E-state index is 12.7. The number of anilines is 2. The molecular weight excluding hydrogens is 372 g/mol. The van der Waals surface area contributed by atoms with Gasteiger partial charge in [-0.2, -0.15) is 0 Å². The predicted octanol–water partition coefficient (Wildman–Crippen LogP) is 3.77. The van der Waals surface area contributed by atoms with Crippen LogP contribution in [0.5, 0.6) is 0 Å². The van der Waals surface area contributed by atoms with Crippen LogP contribution in [0.4, 0.5) is 11.5 Å². The summed E-state index contributed by atoms with van der Waals surface area (Å²) in [6.07, 6.45) is 9.35. The van der Waals surface area contributed by atoms with Crippen molar-refractivity contribution in [1.82, 2.24) is 9.97 Å². The number of nitrogens with zero attached hydrogens (tertiary/aromatic N) is 2. The summed E-state index contributed by atoms with van der Waals surface area (Å²) in [6, 6.07) is 12.7. The highest BCUT2D eigenvalue weighted by molar-refractivity contribution is 7.92. The van der Waals surface area contributed by atoms with E-state index >= 15 is 0 Å². The minimum absolute atomic E-state index is 0.287. The van der Waals surface area contributed by atoms with Gasteiger partial charge >= 0.3 is 0 Å². The van der Waals surface area contributed by atoms with Crippen LogP contribution < -0.4 is 10.0 Å². The lowest BCUT2D eigenvalue weighted by atomic mass is 9.92. The maximum Gasteiger partial charge on any atom is 0.263 e. The molecule has 1 aliphatic carbocycles. The van der Waals surface area contributed by atoms with Gasteiger partial charge < -0.3 is 5.32 Å². The van der Waals surface area contributed by atoms with Gasteiger partial charge in [0.25, 0.3) is 10.0 Å². The third-order valence-electron chi connectivity index (χ3n) is 4.88. The third kappa shape index (κ3) is 4.31. The summed E-state index contributed by atoms with van der Waals surface area (Å²) in [7, 11) is -3.65. The fourth-order valence-electron chi connectivity index (χ4n) is 3.34. The lowest BCUT2D eigenvalue weighted by Gasteiger charge is -2.17. The van der Waals surface area contributed by atoms with Crippen molar-refractivity contribution in [2.75, 3.05) is 10.0 Å². The van der Waals surface area contributed by atoms with Crippen LogP contribution in [0.1, 0.15) is 29.5 Å². The molecule has 7 heteroatoms. The average Bonchev–Trinajstić information content (AvgIpc) is 2.73. The summed E-state index contributed by atoms with van der Waals surface area (Å²) in [6.45, 7) is 0.643. The van der Waals surface area contributed by atoms with Gasteiger partial charge in [0, 0.05) is 18.9 Å². The maximum atomic E-state index is 12.7. The Hall–Kier alpha value is -2.93. The van der Waals surface area contributed by atoms with Crippen molar-refractivity contribution in [3.05, 3.63) is 77.7 Å². The van der Waals surface area contributed by atoms with Crippen LogP contribution >= 0.6 is 0 Å². The normalized spacial score (nSPS) is 13.6. The molecule has 0 saturated heterocycles. The number of benzene rings is 1. The largest absolute Gasteiger partial charge is 0.380 e. The average molecular weight is 395 g/mol. The van der Waals surface area contributed by atoms with Crippen LogP contribution in [-0.4, -0.2) is 18.4 Å². The number of hydrogen-bond acceptors (Lipinski definition) is 5. The van der Waals surface area contributed by atoms with E-state index in [1.54, 1.807) is 42.9 Å². The molecule has 1 aromatic carbocycles. The Balaban J connectivity index is 1.43. The number of aryl methyl sites for hydroxylation is 2. The molecular formula is C21H22N4O2S. The molecule has 0 fully saturated rings. The highest BCUT2D eigenvalue weighted by atomic mass is 32.2. The van der Waals surface area contributed by atoms with E-state index in [-0.39, 0.29) is 4.90 Å². The summed E-state index contributed by atoms with van der Waals surface area (Å²) >= 11 is 0. The zero-order chi connectivity index (χ0) is 19.4. The predicted molar refractivity (Wildman–Crippen MR) is 110 cm³/mol. The summed E-state index contributed by atoms with van der Waals surface area (Å²) in [4.78, 5) is 8.50. The van der Waals surface area contributed by atoms with E-state index < -0.39 is 10.0 Å². The second-order valence-corrected chi connectivity index (χ2v) is 8.57. The van der Waals surface area contributed by atoms with E-state index in [0.29, 0.717) is 12.4 Å². The molecule has 0 saturated carbocycles. The fourth-order valence-corrected chi connectivity index (χ4v) is 4.40. The molecule has 28 heavy (non-hydrogen) atoms. The topological polar surface area (TPSA) is 84.0 Å². The summed E-state index contributed by atoms with van der Waals surface area (Å²) in [5.74, 6) is 0.298. The van der Waals surface area contributed by atoms with E-state index in [1.165, 1.54) is 12.0 Å². The molecule has 4 rings (SSSR count). The number of fused-ring (bicyclic) bond motifs is 1. The Bertz CT molecular complexity index is 1050. The van der Waals surface area contributed by atoms with Gasteiger partial charge in [0.15, 0.2) is 0 Å². The Morgan fingerprint density at radius 1 is 0.929 bits per heavy atom. The first-order valence-corrected chi connectivity index (χ1v) is 10.8. The van der Waals surface area contributed by atoms with Crippen molar-refractivity contribution >= 4 is 21.5 Å². The molecule has 0 unspecified atom stereocenters. The Morgan fingerprint density at radius 3 is 2.46 bits per heavy atom. The Labute approximate surface area is 165 Å². The van der Waals surface area contributed by atoms with Crippen molar-refractivity contribution in [3.8, 4) is 0 Å². The van der Waals surface area contributed by atoms with Crippen LogP contribution in [0, 0.1) is 0 Å². The minimum atomic E-state index is -3.65. The van der Waals surface area contributed by atoms with Crippen molar-refractivity contribution in [3.63, 3.8) is 0 Å². The van der Waals surface area contributed by atoms with E-state index in [1.807, 2.05) is 18.2 Å². The van der Waals surface area contributed by atoms with Crippen molar-refractivity contribution < 1.29 is 8.42 Å². The minimum Gasteiger partial charge on any atom is -0.380 e. The molecule has 3 aromatic rings. The van der Waals surface area contributed by atoms with Gasteiger partial charge in [-0.1, -0.05) is 6.07 Å². The van der Waals surface area contributed by atoms with Crippen LogP contribution in [0.25, 0.3) is 0 Å². The first-order chi connectivity index (χ1) is 13.6. The van der Waals surface area contributed by atoms with Crippen molar-refractivity contribution in [2.24, 2.45) is 0 Å². The molecule has 0 radical (unpaired) electrons. The second kappa shape index (κ2) is 7.98. The van der Waals surface area contributed by atoms with Gasteiger partial charge in [-0.05, 0) is 78.8 Å². The molecule has 0 atom stereocenters. The van der Waals surface area contributed by atoms with Gasteiger partial charge in [0.1, 0.15) is 5.82 Å². The summed E-state index contributed by atoms with van der Waals surface area (Å²) in [5, 5.41) is 3.25. The first kappa shape index (κ1) is 18.4.